The highest BCUT2D eigenvalue weighted by molar-refractivity contribution is 7.92. The van der Waals surface area contributed by atoms with Gasteiger partial charge in [-0.3, -0.25) is 10.1 Å². The van der Waals surface area contributed by atoms with Gasteiger partial charge in [0.15, 0.2) is 0 Å². The maximum Gasteiger partial charge on any atom is 0.501 e. The van der Waals surface area contributed by atoms with E-state index < -0.39 is 30.9 Å². The van der Waals surface area contributed by atoms with Gasteiger partial charge in [-0.1, -0.05) is 6.07 Å². The van der Waals surface area contributed by atoms with Gasteiger partial charge in [-0.15, -0.1) is 0 Å². The normalized spacial score (nSPS) is 14.5. The Bertz CT molecular complexity index is 1040. The van der Waals surface area contributed by atoms with Crippen LogP contribution in [0.1, 0.15) is 11.1 Å². The van der Waals surface area contributed by atoms with E-state index in [1.54, 1.807) is 17.0 Å². The summed E-state index contributed by atoms with van der Waals surface area (Å²) < 4.78 is 66.6. The third-order valence-electron chi connectivity index (χ3n) is 4.52. The van der Waals surface area contributed by atoms with E-state index in [2.05, 4.69) is 0 Å². The van der Waals surface area contributed by atoms with Gasteiger partial charge in [-0.25, -0.2) is 8.42 Å². The van der Waals surface area contributed by atoms with Gasteiger partial charge in [0.05, 0.1) is 16.9 Å². The Kier molecular flexibility index (Phi) is 4.96. The van der Waals surface area contributed by atoms with Crippen molar-refractivity contribution in [2.24, 2.45) is 0 Å². The van der Waals surface area contributed by atoms with Crippen LogP contribution in [0.5, 0.6) is 5.75 Å². The van der Waals surface area contributed by atoms with Gasteiger partial charge in [0, 0.05) is 19.2 Å². The smallest absolute Gasteiger partial charge is 0.497 e. The van der Waals surface area contributed by atoms with Crippen molar-refractivity contribution in [1.29, 1.82) is 0 Å². The molecule has 1 aliphatic rings. The van der Waals surface area contributed by atoms with Crippen molar-refractivity contribution in [3.8, 4) is 5.75 Å². The summed E-state index contributed by atoms with van der Waals surface area (Å²) in [5.74, 6) is 0.613. The minimum absolute atomic E-state index is 0.0552. The number of nitro groups is 1. The molecule has 0 spiro atoms. The summed E-state index contributed by atoms with van der Waals surface area (Å²) in [6.45, 7) is 0.671. The number of benzene rings is 2. The molecule has 2 aromatic carbocycles. The molecule has 0 bridgehead atoms. The van der Waals surface area contributed by atoms with Crippen LogP contribution in [-0.2, 0) is 22.8 Å². The Labute approximate surface area is 158 Å². The van der Waals surface area contributed by atoms with E-state index in [1.807, 2.05) is 6.07 Å². The van der Waals surface area contributed by atoms with Crippen LogP contribution in [0.15, 0.2) is 41.3 Å². The Morgan fingerprint density at radius 3 is 2.46 bits per heavy atom. The molecule has 150 valence electrons. The number of halogens is 3. The van der Waals surface area contributed by atoms with E-state index in [1.165, 1.54) is 7.11 Å². The van der Waals surface area contributed by atoms with Crippen LogP contribution >= 0.6 is 0 Å². The highest BCUT2D eigenvalue weighted by Crippen LogP contribution is 2.37. The lowest BCUT2D eigenvalue weighted by molar-refractivity contribution is -0.384. The lowest BCUT2D eigenvalue weighted by Crippen LogP contribution is -2.31. The van der Waals surface area contributed by atoms with E-state index >= 15 is 0 Å². The number of hydrogen-bond donors (Lipinski definition) is 0. The van der Waals surface area contributed by atoms with Crippen LogP contribution in [0, 0.1) is 10.1 Å². The Morgan fingerprint density at radius 1 is 1.14 bits per heavy atom. The SMILES string of the molecule is COc1ccc2c(c1)CN(c1ccc(S(=O)(=O)C(F)(F)F)cc1[N+](=O)[O-])CC2. The minimum atomic E-state index is -5.68. The average Bonchev–Trinajstić information content (AvgIpc) is 2.65. The lowest BCUT2D eigenvalue weighted by Gasteiger charge is -2.30. The number of sulfone groups is 1. The van der Waals surface area contributed by atoms with E-state index in [0.29, 0.717) is 24.8 Å². The predicted octanol–water partition coefficient (Wildman–Crippen LogP) is 3.46. The first-order chi connectivity index (χ1) is 13.0. The Hall–Kier alpha value is -2.82. The summed E-state index contributed by atoms with van der Waals surface area (Å²) >= 11 is 0. The molecule has 2 aromatic rings. The zero-order valence-corrected chi connectivity index (χ0v) is 15.4. The number of hydrogen-bond acceptors (Lipinski definition) is 6. The average molecular weight is 416 g/mol. The summed E-state index contributed by atoms with van der Waals surface area (Å²) in [4.78, 5) is 11.0. The first-order valence-electron chi connectivity index (χ1n) is 8.05. The summed E-state index contributed by atoms with van der Waals surface area (Å²) in [5.41, 5.74) is -4.28. The lowest BCUT2D eigenvalue weighted by atomic mass is 9.99. The number of rotatable bonds is 4. The van der Waals surface area contributed by atoms with E-state index in [0.717, 1.165) is 23.3 Å². The van der Waals surface area contributed by atoms with Gasteiger partial charge in [0.1, 0.15) is 11.4 Å². The summed E-state index contributed by atoms with van der Waals surface area (Å²) in [5, 5.41) is 11.4. The zero-order valence-electron chi connectivity index (χ0n) is 14.6. The Morgan fingerprint density at radius 2 is 1.86 bits per heavy atom. The molecule has 11 heteroatoms. The topological polar surface area (TPSA) is 89.8 Å². The molecule has 0 aliphatic carbocycles. The van der Waals surface area contributed by atoms with Crippen LogP contribution in [0.4, 0.5) is 24.5 Å². The molecular formula is C17H15F3N2O5S. The maximum absolute atomic E-state index is 12.8. The van der Waals surface area contributed by atoms with Gasteiger partial charge in [0.25, 0.3) is 15.5 Å². The summed E-state index contributed by atoms with van der Waals surface area (Å²) in [7, 11) is -4.17. The molecule has 0 atom stereocenters. The molecule has 7 nitrogen and oxygen atoms in total. The molecule has 3 rings (SSSR count). The zero-order chi connectivity index (χ0) is 20.7. The van der Waals surface area contributed by atoms with Crippen LogP contribution in [-0.4, -0.2) is 32.5 Å². The van der Waals surface area contributed by atoms with Crippen LogP contribution < -0.4 is 9.64 Å². The van der Waals surface area contributed by atoms with E-state index in [-0.39, 0.29) is 12.2 Å². The molecule has 1 heterocycles. The molecule has 0 saturated heterocycles. The van der Waals surface area contributed by atoms with Gasteiger partial charge < -0.3 is 9.64 Å². The molecule has 0 fully saturated rings. The molecular weight excluding hydrogens is 401 g/mol. The fourth-order valence-electron chi connectivity index (χ4n) is 3.08. The Balaban J connectivity index is 2.02. The van der Waals surface area contributed by atoms with Gasteiger partial charge in [0.2, 0.25) is 0 Å². The van der Waals surface area contributed by atoms with Crippen molar-refractivity contribution in [2.75, 3.05) is 18.6 Å². The quantitative estimate of drug-likeness (QED) is 0.560. The molecule has 0 radical (unpaired) electrons. The number of anilines is 1. The third-order valence-corrected chi connectivity index (χ3v) is 6.01. The van der Waals surface area contributed by atoms with Crippen molar-refractivity contribution < 1.29 is 31.2 Å². The van der Waals surface area contributed by atoms with Crippen LogP contribution in [0.3, 0.4) is 0 Å². The standard InChI is InChI=1S/C17H15F3N2O5S/c1-27-13-3-2-11-6-7-21(10-12(11)8-13)15-5-4-14(9-16(15)22(23)24)28(25,26)17(18,19)20/h2-5,8-9H,6-7,10H2,1H3. The highest BCUT2D eigenvalue weighted by Gasteiger charge is 2.47. The molecule has 0 amide bonds. The summed E-state index contributed by atoms with van der Waals surface area (Å²) in [6.07, 6.45) is 0.569. The van der Waals surface area contributed by atoms with Gasteiger partial charge in [-0.05, 0) is 41.8 Å². The molecule has 1 aliphatic heterocycles. The number of fused-ring (bicyclic) bond motifs is 1. The number of nitrogens with zero attached hydrogens (tertiary/aromatic N) is 2. The van der Waals surface area contributed by atoms with Crippen molar-refractivity contribution in [1.82, 2.24) is 0 Å². The maximum atomic E-state index is 12.8. The predicted molar refractivity (Wildman–Crippen MR) is 94.1 cm³/mol. The number of nitro benzene ring substituents is 1. The molecule has 28 heavy (non-hydrogen) atoms. The first kappa shape index (κ1) is 19.9. The number of ether oxygens (including phenoxy) is 1. The molecule has 0 aromatic heterocycles. The van der Waals surface area contributed by atoms with E-state index in [9.17, 15) is 31.7 Å². The van der Waals surface area contributed by atoms with Crippen molar-refractivity contribution in [3.63, 3.8) is 0 Å². The van der Waals surface area contributed by atoms with Crippen LogP contribution in [0.25, 0.3) is 0 Å². The second-order valence-corrected chi connectivity index (χ2v) is 8.10. The fraction of sp³-hybridized carbons (Fsp3) is 0.294. The highest BCUT2D eigenvalue weighted by atomic mass is 32.2. The van der Waals surface area contributed by atoms with Crippen molar-refractivity contribution in [2.45, 2.75) is 23.4 Å². The van der Waals surface area contributed by atoms with E-state index in [4.69, 9.17) is 4.74 Å². The fourth-order valence-corrected chi connectivity index (χ4v) is 3.86. The van der Waals surface area contributed by atoms with Gasteiger partial charge >= 0.3 is 5.51 Å². The van der Waals surface area contributed by atoms with Gasteiger partial charge in [-0.2, -0.15) is 13.2 Å². The van der Waals surface area contributed by atoms with Crippen molar-refractivity contribution >= 4 is 21.2 Å². The summed E-state index contributed by atoms with van der Waals surface area (Å²) in [6, 6.07) is 7.72. The molecule has 0 saturated carbocycles. The third kappa shape index (κ3) is 3.49. The monoisotopic (exact) mass is 416 g/mol. The second-order valence-electron chi connectivity index (χ2n) is 6.16. The van der Waals surface area contributed by atoms with Crippen LogP contribution in [0.2, 0.25) is 0 Å². The second kappa shape index (κ2) is 6.97. The number of alkyl halides is 3. The largest absolute Gasteiger partial charge is 0.501 e. The van der Waals surface area contributed by atoms with Crippen molar-refractivity contribution in [3.05, 3.63) is 57.6 Å². The number of methoxy groups -OCH3 is 1. The molecule has 0 N–H and O–H groups in total. The first-order valence-corrected chi connectivity index (χ1v) is 9.53. The minimum Gasteiger partial charge on any atom is -0.497 e. The molecule has 0 unspecified atom stereocenters.